The van der Waals surface area contributed by atoms with Crippen LogP contribution in [-0.2, 0) is 20.5 Å². The number of nitrogens with zero attached hydrogens (tertiary/aromatic N) is 2. The van der Waals surface area contributed by atoms with Gasteiger partial charge in [0.05, 0.1) is 23.2 Å². The van der Waals surface area contributed by atoms with Crippen LogP contribution in [0.25, 0.3) is 10.9 Å². The third-order valence-corrected chi connectivity index (χ3v) is 4.31. The molecule has 1 heterocycles. The van der Waals surface area contributed by atoms with E-state index < -0.39 is 23.4 Å². The number of rotatable bonds is 6. The van der Waals surface area contributed by atoms with Crippen molar-refractivity contribution in [3.8, 4) is 0 Å². The molecule has 1 N–H and O–H groups in total. The van der Waals surface area contributed by atoms with E-state index in [2.05, 4.69) is 10.2 Å². The summed E-state index contributed by atoms with van der Waals surface area (Å²) >= 11 is 0. The molecule has 1 atom stereocenters. The van der Waals surface area contributed by atoms with Gasteiger partial charge in [-0.3, -0.25) is 9.89 Å². The van der Waals surface area contributed by atoms with Crippen molar-refractivity contribution >= 4 is 27.9 Å². The molecular formula is C13H15F2N3O3S. The first-order valence-electron chi connectivity index (χ1n) is 6.47. The molecule has 0 aliphatic heterocycles. The standard InChI is InChI=1S/C13H15F2N3O3S/c1-3-21-11(19)7-18(2)22(20)10-5-8(13(14)15)4-9-6-16-17-12(9)10/h4-6,13H,3,7H2,1-2H3,(H,16,17). The van der Waals surface area contributed by atoms with Crippen LogP contribution in [0.2, 0.25) is 0 Å². The zero-order chi connectivity index (χ0) is 16.3. The molecule has 0 saturated carbocycles. The SMILES string of the molecule is CCOC(=O)CN(C)S(=O)c1cc(C(F)F)cc2cn[nH]c12. The number of hydrogen-bond acceptors (Lipinski definition) is 4. The summed E-state index contributed by atoms with van der Waals surface area (Å²) in [6, 6.07) is 2.44. The third-order valence-electron chi connectivity index (χ3n) is 2.92. The summed E-state index contributed by atoms with van der Waals surface area (Å²) in [5, 5.41) is 6.85. The first-order valence-corrected chi connectivity index (χ1v) is 7.58. The van der Waals surface area contributed by atoms with Crippen LogP contribution in [0.4, 0.5) is 8.78 Å². The lowest BCUT2D eigenvalue weighted by Crippen LogP contribution is -2.29. The second-order valence-corrected chi connectivity index (χ2v) is 6.06. The minimum Gasteiger partial charge on any atom is -0.465 e. The molecule has 0 aliphatic rings. The van der Waals surface area contributed by atoms with Crippen molar-refractivity contribution in [2.45, 2.75) is 18.2 Å². The van der Waals surface area contributed by atoms with E-state index in [0.717, 1.165) is 6.07 Å². The summed E-state index contributed by atoms with van der Waals surface area (Å²) in [6.45, 7) is 1.66. The highest BCUT2D eigenvalue weighted by molar-refractivity contribution is 7.83. The summed E-state index contributed by atoms with van der Waals surface area (Å²) in [5.41, 5.74) is 0.153. The Hall–Kier alpha value is -1.87. The zero-order valence-corrected chi connectivity index (χ0v) is 12.8. The molecule has 9 heteroatoms. The van der Waals surface area contributed by atoms with E-state index in [1.54, 1.807) is 6.92 Å². The molecule has 6 nitrogen and oxygen atoms in total. The fourth-order valence-corrected chi connectivity index (χ4v) is 3.06. The van der Waals surface area contributed by atoms with Crippen molar-refractivity contribution in [2.24, 2.45) is 0 Å². The van der Waals surface area contributed by atoms with Crippen molar-refractivity contribution in [2.75, 3.05) is 20.2 Å². The number of nitrogens with one attached hydrogen (secondary N) is 1. The fraction of sp³-hybridized carbons (Fsp3) is 0.385. The van der Waals surface area contributed by atoms with E-state index >= 15 is 0 Å². The Morgan fingerprint density at radius 2 is 2.23 bits per heavy atom. The summed E-state index contributed by atoms with van der Waals surface area (Å²) < 4.78 is 44.4. The molecular weight excluding hydrogens is 316 g/mol. The Kier molecular flexibility index (Phi) is 5.19. The van der Waals surface area contributed by atoms with Gasteiger partial charge in [-0.15, -0.1) is 0 Å². The Bertz CT molecular complexity index is 705. The van der Waals surface area contributed by atoms with Gasteiger partial charge >= 0.3 is 5.97 Å². The minimum absolute atomic E-state index is 0.150. The van der Waals surface area contributed by atoms with Crippen LogP contribution in [0, 0.1) is 0 Å². The molecule has 0 amide bonds. The van der Waals surface area contributed by atoms with Gasteiger partial charge in [-0.25, -0.2) is 17.3 Å². The number of fused-ring (bicyclic) bond motifs is 1. The average molecular weight is 331 g/mol. The van der Waals surface area contributed by atoms with Gasteiger partial charge in [0.25, 0.3) is 6.43 Å². The van der Waals surface area contributed by atoms with Crippen LogP contribution in [0.3, 0.4) is 0 Å². The number of carbonyl (C=O) groups excluding carboxylic acids is 1. The molecule has 22 heavy (non-hydrogen) atoms. The van der Waals surface area contributed by atoms with Crippen LogP contribution in [0.5, 0.6) is 0 Å². The van der Waals surface area contributed by atoms with Gasteiger partial charge in [0.15, 0.2) is 0 Å². The molecule has 0 radical (unpaired) electrons. The van der Waals surface area contributed by atoms with Crippen LogP contribution >= 0.6 is 0 Å². The number of esters is 1. The van der Waals surface area contributed by atoms with E-state index in [9.17, 15) is 17.8 Å². The Morgan fingerprint density at radius 1 is 1.50 bits per heavy atom. The fourth-order valence-electron chi connectivity index (χ4n) is 1.93. The lowest BCUT2D eigenvalue weighted by Gasteiger charge is -2.16. The van der Waals surface area contributed by atoms with E-state index in [0.29, 0.717) is 10.9 Å². The number of halogens is 2. The molecule has 1 aromatic carbocycles. The predicted octanol–water partition coefficient (Wildman–Crippen LogP) is 2.02. The number of benzene rings is 1. The quantitative estimate of drug-likeness (QED) is 0.822. The number of aromatic amines is 1. The number of H-pyrrole nitrogens is 1. The van der Waals surface area contributed by atoms with Crippen molar-refractivity contribution in [3.63, 3.8) is 0 Å². The summed E-state index contributed by atoms with van der Waals surface area (Å²) in [7, 11) is -0.355. The number of ether oxygens (including phenoxy) is 1. The maximum Gasteiger partial charge on any atom is 0.321 e. The van der Waals surface area contributed by atoms with Crippen LogP contribution < -0.4 is 0 Å². The second-order valence-electron chi connectivity index (χ2n) is 4.49. The maximum absolute atomic E-state index is 12.9. The minimum atomic E-state index is -2.69. The monoisotopic (exact) mass is 331 g/mol. The smallest absolute Gasteiger partial charge is 0.321 e. The van der Waals surface area contributed by atoms with E-state index in [1.165, 1.54) is 23.6 Å². The van der Waals surface area contributed by atoms with Gasteiger partial charge in [-0.2, -0.15) is 5.10 Å². The molecule has 0 bridgehead atoms. The van der Waals surface area contributed by atoms with Crippen LogP contribution in [0.1, 0.15) is 18.9 Å². The molecule has 0 saturated heterocycles. The Balaban J connectivity index is 2.34. The van der Waals surface area contributed by atoms with Gasteiger partial charge in [-0.1, -0.05) is 0 Å². The summed E-state index contributed by atoms with van der Waals surface area (Å²) in [5.74, 6) is -0.538. The number of carbonyl (C=O) groups is 1. The van der Waals surface area contributed by atoms with Crippen molar-refractivity contribution < 1.29 is 22.5 Å². The molecule has 120 valence electrons. The molecule has 0 fully saturated rings. The number of hydrogen-bond donors (Lipinski definition) is 1. The average Bonchev–Trinajstić information content (AvgIpc) is 2.93. The predicted molar refractivity (Wildman–Crippen MR) is 76.7 cm³/mol. The van der Waals surface area contributed by atoms with E-state index in [4.69, 9.17) is 4.74 Å². The lowest BCUT2D eigenvalue weighted by molar-refractivity contribution is -0.143. The Labute approximate surface area is 128 Å². The molecule has 1 aromatic heterocycles. The largest absolute Gasteiger partial charge is 0.465 e. The maximum atomic E-state index is 12.9. The van der Waals surface area contributed by atoms with E-state index in [1.807, 2.05) is 0 Å². The molecule has 2 rings (SSSR count). The molecule has 1 unspecified atom stereocenters. The third kappa shape index (κ3) is 3.47. The highest BCUT2D eigenvalue weighted by Gasteiger charge is 2.21. The molecule has 2 aromatic rings. The van der Waals surface area contributed by atoms with Gasteiger partial charge in [0.1, 0.15) is 17.5 Å². The number of alkyl halides is 2. The van der Waals surface area contributed by atoms with Gasteiger partial charge in [-0.05, 0) is 19.1 Å². The summed E-state index contributed by atoms with van der Waals surface area (Å²) in [4.78, 5) is 11.6. The molecule has 0 spiro atoms. The number of aromatic nitrogens is 2. The molecule has 0 aliphatic carbocycles. The van der Waals surface area contributed by atoms with E-state index in [-0.39, 0.29) is 23.6 Å². The summed E-state index contributed by atoms with van der Waals surface area (Å²) in [6.07, 6.45) is -1.31. The normalized spacial score (nSPS) is 13.0. The highest BCUT2D eigenvalue weighted by atomic mass is 32.2. The van der Waals surface area contributed by atoms with Gasteiger partial charge < -0.3 is 4.74 Å². The second kappa shape index (κ2) is 6.93. The van der Waals surface area contributed by atoms with Gasteiger partial charge in [0, 0.05) is 18.0 Å². The number of likely N-dealkylation sites (N-methyl/N-ethyl adjacent to an activating group) is 1. The first kappa shape index (κ1) is 16.5. The van der Waals surface area contributed by atoms with Crippen molar-refractivity contribution in [3.05, 3.63) is 23.9 Å². The van der Waals surface area contributed by atoms with Crippen molar-refractivity contribution in [1.82, 2.24) is 14.5 Å². The topological polar surface area (TPSA) is 75.3 Å². The lowest BCUT2D eigenvalue weighted by atomic mass is 10.2. The Morgan fingerprint density at radius 3 is 2.86 bits per heavy atom. The van der Waals surface area contributed by atoms with Crippen LogP contribution in [-0.4, -0.2) is 44.9 Å². The van der Waals surface area contributed by atoms with Gasteiger partial charge in [0.2, 0.25) is 0 Å². The first-order chi connectivity index (χ1) is 10.4. The zero-order valence-electron chi connectivity index (χ0n) is 12.0. The highest BCUT2D eigenvalue weighted by Crippen LogP contribution is 2.28. The van der Waals surface area contributed by atoms with Crippen molar-refractivity contribution in [1.29, 1.82) is 0 Å². The van der Waals surface area contributed by atoms with Crippen LogP contribution in [0.15, 0.2) is 23.2 Å².